The van der Waals surface area contributed by atoms with Crippen molar-refractivity contribution in [2.75, 3.05) is 4.90 Å². The molecule has 0 bridgehead atoms. The molecule has 1 amide bonds. The third-order valence-electron chi connectivity index (χ3n) is 6.15. The molecule has 1 fully saturated rings. The Bertz CT molecular complexity index is 1090. The van der Waals surface area contributed by atoms with E-state index in [1.54, 1.807) is 6.20 Å². The lowest BCUT2D eigenvalue weighted by atomic mass is 9.90. The summed E-state index contributed by atoms with van der Waals surface area (Å²) >= 11 is 6.08. The van der Waals surface area contributed by atoms with Crippen LogP contribution in [-0.4, -0.2) is 22.7 Å². The van der Waals surface area contributed by atoms with Crippen LogP contribution in [0.1, 0.15) is 54.9 Å². The van der Waals surface area contributed by atoms with Crippen LogP contribution in [0.3, 0.4) is 0 Å². The first-order chi connectivity index (χ1) is 15.6. The SMILES string of the molecule is CCC(=O)N(c1ccc(-c2ccc(C(=O)CCc3cccnc3Cl)cc2)cc1)C1CCC1. The highest BCUT2D eigenvalue weighted by atomic mass is 35.5. The molecule has 0 unspecified atom stereocenters. The maximum atomic E-state index is 12.6. The Morgan fingerprint density at radius 2 is 1.66 bits per heavy atom. The van der Waals surface area contributed by atoms with Crippen LogP contribution in [0.15, 0.2) is 66.9 Å². The van der Waals surface area contributed by atoms with Gasteiger partial charge in [0.25, 0.3) is 0 Å². The van der Waals surface area contributed by atoms with Crippen molar-refractivity contribution in [1.82, 2.24) is 4.98 Å². The van der Waals surface area contributed by atoms with Crippen LogP contribution >= 0.6 is 11.6 Å². The standard InChI is InChI=1S/C27H27ClN2O2/c1-2-26(32)30(23-6-3-7-23)24-15-12-20(13-16-24)19-8-10-21(11-9-19)25(31)17-14-22-5-4-18-29-27(22)28/h4-5,8-13,15-16,18,23H,2-3,6-7,14,17H2,1H3. The largest absolute Gasteiger partial charge is 0.309 e. The third kappa shape index (κ3) is 4.91. The fourth-order valence-electron chi connectivity index (χ4n) is 4.04. The number of amides is 1. The highest BCUT2D eigenvalue weighted by molar-refractivity contribution is 6.30. The predicted octanol–water partition coefficient (Wildman–Crippen LogP) is 6.51. The summed E-state index contributed by atoms with van der Waals surface area (Å²) in [5.41, 5.74) is 4.64. The van der Waals surface area contributed by atoms with E-state index < -0.39 is 0 Å². The van der Waals surface area contributed by atoms with E-state index in [2.05, 4.69) is 4.98 Å². The monoisotopic (exact) mass is 446 g/mol. The summed E-state index contributed by atoms with van der Waals surface area (Å²) in [5.74, 6) is 0.263. The molecule has 164 valence electrons. The Labute approximate surface area is 194 Å². The number of benzene rings is 2. The van der Waals surface area contributed by atoms with Crippen LogP contribution in [0.25, 0.3) is 11.1 Å². The van der Waals surface area contributed by atoms with Gasteiger partial charge in [-0.1, -0.05) is 61.0 Å². The highest BCUT2D eigenvalue weighted by Gasteiger charge is 2.29. The molecule has 5 heteroatoms. The van der Waals surface area contributed by atoms with Gasteiger partial charge in [-0.15, -0.1) is 0 Å². The average molecular weight is 447 g/mol. The zero-order chi connectivity index (χ0) is 22.5. The van der Waals surface area contributed by atoms with Crippen molar-refractivity contribution in [2.24, 2.45) is 0 Å². The van der Waals surface area contributed by atoms with E-state index in [1.807, 2.05) is 72.5 Å². The molecule has 3 aromatic rings. The van der Waals surface area contributed by atoms with Crippen molar-refractivity contribution in [3.8, 4) is 11.1 Å². The lowest BCUT2D eigenvalue weighted by Gasteiger charge is -2.37. The van der Waals surface area contributed by atoms with E-state index in [0.29, 0.717) is 36.0 Å². The number of rotatable bonds is 8. The molecule has 4 rings (SSSR count). The van der Waals surface area contributed by atoms with Crippen molar-refractivity contribution in [1.29, 1.82) is 0 Å². The molecule has 0 aliphatic heterocycles. The van der Waals surface area contributed by atoms with Crippen LogP contribution in [-0.2, 0) is 11.2 Å². The summed E-state index contributed by atoms with van der Waals surface area (Å²) in [5, 5.41) is 0.454. The molecule has 1 heterocycles. The molecule has 0 spiro atoms. The molecule has 1 aliphatic rings. The van der Waals surface area contributed by atoms with E-state index >= 15 is 0 Å². The average Bonchev–Trinajstić information content (AvgIpc) is 2.80. The second-order valence-corrected chi connectivity index (χ2v) is 8.56. The summed E-state index contributed by atoms with van der Waals surface area (Å²) in [6.07, 6.45) is 6.47. The number of Topliss-reactive ketones (excluding diaryl/α,β-unsaturated/α-hetero) is 1. The predicted molar refractivity (Wildman–Crippen MR) is 129 cm³/mol. The quantitative estimate of drug-likeness (QED) is 0.292. The third-order valence-corrected chi connectivity index (χ3v) is 6.49. The number of ketones is 1. The van der Waals surface area contributed by atoms with Gasteiger partial charge in [0.15, 0.2) is 5.78 Å². The highest BCUT2D eigenvalue weighted by Crippen LogP contribution is 2.32. The van der Waals surface area contributed by atoms with Gasteiger partial charge < -0.3 is 4.90 Å². The van der Waals surface area contributed by atoms with Crippen LogP contribution < -0.4 is 4.90 Å². The number of carbonyl (C=O) groups excluding carboxylic acids is 2. The van der Waals surface area contributed by atoms with Crippen molar-refractivity contribution in [2.45, 2.75) is 51.5 Å². The van der Waals surface area contributed by atoms with Gasteiger partial charge in [0.2, 0.25) is 5.91 Å². The molecule has 1 aromatic heterocycles. The molecule has 0 saturated heterocycles. The van der Waals surface area contributed by atoms with Gasteiger partial charge in [-0.3, -0.25) is 9.59 Å². The molecule has 2 aromatic carbocycles. The van der Waals surface area contributed by atoms with E-state index in [9.17, 15) is 9.59 Å². The zero-order valence-corrected chi connectivity index (χ0v) is 19.0. The summed E-state index contributed by atoms with van der Waals surface area (Å²) < 4.78 is 0. The zero-order valence-electron chi connectivity index (χ0n) is 18.3. The Balaban J connectivity index is 1.42. The Morgan fingerprint density at radius 1 is 1.00 bits per heavy atom. The van der Waals surface area contributed by atoms with E-state index in [1.165, 1.54) is 6.42 Å². The smallest absolute Gasteiger partial charge is 0.226 e. The molecular weight excluding hydrogens is 420 g/mol. The van der Waals surface area contributed by atoms with E-state index in [0.717, 1.165) is 35.2 Å². The van der Waals surface area contributed by atoms with Crippen molar-refractivity contribution >= 4 is 29.0 Å². The van der Waals surface area contributed by atoms with Gasteiger partial charge in [-0.05, 0) is 60.6 Å². The second kappa shape index (κ2) is 10.1. The van der Waals surface area contributed by atoms with Crippen LogP contribution in [0.2, 0.25) is 5.15 Å². The molecule has 32 heavy (non-hydrogen) atoms. The molecule has 1 aliphatic carbocycles. The molecule has 4 nitrogen and oxygen atoms in total. The minimum atomic E-state index is 0.0843. The van der Waals surface area contributed by atoms with Gasteiger partial charge in [-0.2, -0.15) is 0 Å². The van der Waals surface area contributed by atoms with Crippen LogP contribution in [0, 0.1) is 0 Å². The Morgan fingerprint density at radius 3 is 2.22 bits per heavy atom. The van der Waals surface area contributed by atoms with Gasteiger partial charge in [0, 0.05) is 36.3 Å². The first-order valence-electron chi connectivity index (χ1n) is 11.2. The number of hydrogen-bond donors (Lipinski definition) is 0. The fourth-order valence-corrected chi connectivity index (χ4v) is 4.25. The first kappa shape index (κ1) is 22.2. The summed E-state index contributed by atoms with van der Waals surface area (Å²) in [4.78, 5) is 31.1. The summed E-state index contributed by atoms with van der Waals surface area (Å²) in [6.45, 7) is 1.91. The first-order valence-corrected chi connectivity index (χ1v) is 11.6. The number of anilines is 1. The molecule has 0 radical (unpaired) electrons. The maximum Gasteiger partial charge on any atom is 0.226 e. The fraction of sp³-hybridized carbons (Fsp3) is 0.296. The lowest BCUT2D eigenvalue weighted by Crippen LogP contribution is -2.44. The molecule has 0 atom stereocenters. The number of aryl methyl sites for hydroxylation is 1. The molecular formula is C27H27ClN2O2. The van der Waals surface area contributed by atoms with Gasteiger partial charge >= 0.3 is 0 Å². The number of aromatic nitrogens is 1. The second-order valence-electron chi connectivity index (χ2n) is 8.20. The molecule has 0 N–H and O–H groups in total. The van der Waals surface area contributed by atoms with Gasteiger partial charge in [-0.25, -0.2) is 4.98 Å². The lowest BCUT2D eigenvalue weighted by molar-refractivity contribution is -0.119. The summed E-state index contributed by atoms with van der Waals surface area (Å²) in [7, 11) is 0. The maximum absolute atomic E-state index is 12.6. The Kier molecular flexibility index (Phi) is 7.01. The number of hydrogen-bond acceptors (Lipinski definition) is 3. The van der Waals surface area contributed by atoms with Gasteiger partial charge in [0.1, 0.15) is 5.15 Å². The van der Waals surface area contributed by atoms with Crippen LogP contribution in [0.5, 0.6) is 0 Å². The minimum absolute atomic E-state index is 0.0843. The van der Waals surface area contributed by atoms with Crippen molar-refractivity contribution in [3.05, 3.63) is 83.1 Å². The van der Waals surface area contributed by atoms with Gasteiger partial charge in [0.05, 0.1) is 0 Å². The summed E-state index contributed by atoms with van der Waals surface area (Å²) in [6, 6.07) is 19.9. The van der Waals surface area contributed by atoms with Crippen LogP contribution in [0.4, 0.5) is 5.69 Å². The normalized spacial score (nSPS) is 13.4. The minimum Gasteiger partial charge on any atom is -0.309 e. The number of carbonyl (C=O) groups is 2. The van der Waals surface area contributed by atoms with Crippen molar-refractivity contribution in [3.63, 3.8) is 0 Å². The number of nitrogens with zero attached hydrogens (tertiary/aromatic N) is 2. The molecule has 1 saturated carbocycles. The number of halogens is 1. The van der Waals surface area contributed by atoms with E-state index in [-0.39, 0.29) is 11.7 Å². The Hall–Kier alpha value is -2.98. The van der Waals surface area contributed by atoms with E-state index in [4.69, 9.17) is 11.6 Å². The number of pyridine rings is 1. The topological polar surface area (TPSA) is 50.3 Å². The van der Waals surface area contributed by atoms with Crippen molar-refractivity contribution < 1.29 is 9.59 Å².